The van der Waals surface area contributed by atoms with Crippen LogP contribution in [0.25, 0.3) is 0 Å². The zero-order valence-electron chi connectivity index (χ0n) is 13.8. The van der Waals surface area contributed by atoms with E-state index in [0.29, 0.717) is 5.75 Å². The van der Waals surface area contributed by atoms with Crippen LogP contribution in [0.3, 0.4) is 0 Å². The smallest absolute Gasteiger partial charge is 0.417 e. The average molecular weight is 418 g/mol. The van der Waals surface area contributed by atoms with Crippen LogP contribution in [0.4, 0.5) is 18.9 Å². The van der Waals surface area contributed by atoms with Crippen LogP contribution >= 0.6 is 15.9 Å². The van der Waals surface area contributed by atoms with Crippen LogP contribution in [0.1, 0.15) is 16.7 Å². The molecular formula is C18H19BrF3NO2. The SMILES string of the molecule is Cc1ccc(OCC(O)CNc2ccc(Br)c(C(F)(F)F)c2)cc1C. The molecule has 0 spiro atoms. The Morgan fingerprint density at radius 2 is 1.84 bits per heavy atom. The highest BCUT2D eigenvalue weighted by Crippen LogP contribution is 2.36. The molecule has 0 radical (unpaired) electrons. The summed E-state index contributed by atoms with van der Waals surface area (Å²) in [6.07, 6.45) is -5.30. The van der Waals surface area contributed by atoms with Crippen LogP contribution in [0.15, 0.2) is 40.9 Å². The molecule has 0 saturated heterocycles. The van der Waals surface area contributed by atoms with E-state index in [2.05, 4.69) is 21.2 Å². The number of benzene rings is 2. The number of aryl methyl sites for hydroxylation is 2. The van der Waals surface area contributed by atoms with Crippen molar-refractivity contribution in [3.8, 4) is 5.75 Å². The molecule has 136 valence electrons. The minimum Gasteiger partial charge on any atom is -0.491 e. The Bertz CT molecular complexity index is 735. The second kappa shape index (κ2) is 8.10. The summed E-state index contributed by atoms with van der Waals surface area (Å²) in [7, 11) is 0. The van der Waals surface area contributed by atoms with Crippen LogP contribution in [0, 0.1) is 13.8 Å². The quantitative estimate of drug-likeness (QED) is 0.699. The highest BCUT2D eigenvalue weighted by Gasteiger charge is 2.33. The van der Waals surface area contributed by atoms with Crippen molar-refractivity contribution >= 4 is 21.6 Å². The summed E-state index contributed by atoms with van der Waals surface area (Å²) in [5, 5.41) is 12.8. The summed E-state index contributed by atoms with van der Waals surface area (Å²) in [4.78, 5) is 0. The van der Waals surface area contributed by atoms with Gasteiger partial charge in [0.25, 0.3) is 0 Å². The molecule has 2 rings (SSSR count). The third kappa shape index (κ3) is 5.64. The first kappa shape index (κ1) is 19.6. The Morgan fingerprint density at radius 3 is 2.48 bits per heavy atom. The van der Waals surface area contributed by atoms with E-state index in [1.165, 1.54) is 12.1 Å². The molecule has 0 bridgehead atoms. The van der Waals surface area contributed by atoms with E-state index in [4.69, 9.17) is 4.74 Å². The number of hydrogen-bond acceptors (Lipinski definition) is 3. The van der Waals surface area contributed by atoms with Gasteiger partial charge in [-0.2, -0.15) is 13.2 Å². The lowest BCUT2D eigenvalue weighted by Gasteiger charge is -2.16. The number of hydrogen-bond donors (Lipinski definition) is 2. The van der Waals surface area contributed by atoms with E-state index in [1.807, 2.05) is 32.0 Å². The van der Waals surface area contributed by atoms with Crippen molar-refractivity contribution < 1.29 is 23.0 Å². The monoisotopic (exact) mass is 417 g/mol. The van der Waals surface area contributed by atoms with Crippen molar-refractivity contribution in [2.45, 2.75) is 26.1 Å². The molecule has 2 N–H and O–H groups in total. The van der Waals surface area contributed by atoms with Crippen LogP contribution in [-0.4, -0.2) is 24.4 Å². The molecular weight excluding hydrogens is 399 g/mol. The number of rotatable bonds is 6. The van der Waals surface area contributed by atoms with E-state index in [1.54, 1.807) is 0 Å². The third-order valence-corrected chi connectivity index (χ3v) is 4.43. The molecule has 1 atom stereocenters. The molecule has 1 unspecified atom stereocenters. The zero-order chi connectivity index (χ0) is 18.6. The van der Waals surface area contributed by atoms with Gasteiger partial charge in [-0.25, -0.2) is 0 Å². The van der Waals surface area contributed by atoms with Crippen molar-refractivity contribution in [1.82, 2.24) is 0 Å². The third-order valence-electron chi connectivity index (χ3n) is 3.73. The number of halogens is 4. The van der Waals surface area contributed by atoms with Crippen molar-refractivity contribution in [2.75, 3.05) is 18.5 Å². The summed E-state index contributed by atoms with van der Waals surface area (Å²) in [6, 6.07) is 9.45. The van der Waals surface area contributed by atoms with Crippen LogP contribution in [0.5, 0.6) is 5.75 Å². The number of nitrogens with one attached hydrogen (secondary N) is 1. The summed E-state index contributed by atoms with van der Waals surface area (Å²) >= 11 is 2.89. The second-order valence-electron chi connectivity index (χ2n) is 5.78. The fourth-order valence-electron chi connectivity index (χ4n) is 2.14. The van der Waals surface area contributed by atoms with Gasteiger partial charge < -0.3 is 15.2 Å². The van der Waals surface area contributed by atoms with Gasteiger partial charge in [-0.1, -0.05) is 22.0 Å². The van der Waals surface area contributed by atoms with Crippen molar-refractivity contribution in [1.29, 1.82) is 0 Å². The zero-order valence-corrected chi connectivity index (χ0v) is 15.4. The number of aliphatic hydroxyl groups excluding tert-OH is 1. The Labute approximate surface area is 152 Å². The Kier molecular flexibility index (Phi) is 6.35. The molecule has 0 amide bonds. The van der Waals surface area contributed by atoms with Gasteiger partial charge in [-0.15, -0.1) is 0 Å². The lowest BCUT2D eigenvalue weighted by molar-refractivity contribution is -0.138. The first-order chi connectivity index (χ1) is 11.7. The predicted octanol–water partition coefficient (Wildman–Crippen LogP) is 4.94. The van der Waals surface area contributed by atoms with E-state index < -0.39 is 17.8 Å². The van der Waals surface area contributed by atoms with Crippen LogP contribution in [0.2, 0.25) is 0 Å². The molecule has 0 aliphatic rings. The van der Waals surface area contributed by atoms with E-state index in [9.17, 15) is 18.3 Å². The highest BCUT2D eigenvalue weighted by molar-refractivity contribution is 9.10. The predicted molar refractivity (Wildman–Crippen MR) is 95.1 cm³/mol. The van der Waals surface area contributed by atoms with Crippen molar-refractivity contribution in [2.24, 2.45) is 0 Å². The molecule has 0 aliphatic heterocycles. The fourth-order valence-corrected chi connectivity index (χ4v) is 2.61. The first-order valence-corrected chi connectivity index (χ1v) is 8.45. The Morgan fingerprint density at radius 1 is 1.12 bits per heavy atom. The van der Waals surface area contributed by atoms with Crippen molar-refractivity contribution in [3.05, 3.63) is 57.6 Å². The lowest BCUT2D eigenvalue weighted by atomic mass is 10.1. The van der Waals surface area contributed by atoms with Crippen LogP contribution in [-0.2, 0) is 6.18 Å². The van der Waals surface area contributed by atoms with Crippen LogP contribution < -0.4 is 10.1 Å². The standard InChI is InChI=1S/C18H19BrF3NO2/c1-11-3-5-15(7-12(11)2)25-10-14(24)9-23-13-4-6-17(19)16(8-13)18(20,21)22/h3-8,14,23-24H,9-10H2,1-2H3. The Balaban J connectivity index is 1.89. The fraction of sp³-hybridized carbons (Fsp3) is 0.333. The maximum absolute atomic E-state index is 12.9. The summed E-state index contributed by atoms with van der Waals surface area (Å²) in [5.74, 6) is 0.644. The van der Waals surface area contributed by atoms with Gasteiger partial charge >= 0.3 is 6.18 Å². The average Bonchev–Trinajstić information content (AvgIpc) is 2.54. The lowest BCUT2D eigenvalue weighted by Crippen LogP contribution is -2.26. The topological polar surface area (TPSA) is 41.5 Å². The summed E-state index contributed by atoms with van der Waals surface area (Å²) in [5.41, 5.74) is 1.74. The van der Waals surface area contributed by atoms with Gasteiger partial charge in [0.2, 0.25) is 0 Å². The summed E-state index contributed by atoms with van der Waals surface area (Å²) in [6.45, 7) is 4.07. The molecule has 0 fully saturated rings. The van der Waals surface area contributed by atoms with Gasteiger partial charge in [0.15, 0.2) is 0 Å². The molecule has 7 heteroatoms. The first-order valence-electron chi connectivity index (χ1n) is 7.65. The molecule has 0 saturated carbocycles. The maximum atomic E-state index is 12.9. The largest absolute Gasteiger partial charge is 0.491 e. The van der Waals surface area contributed by atoms with Crippen molar-refractivity contribution in [3.63, 3.8) is 0 Å². The highest BCUT2D eigenvalue weighted by atomic mass is 79.9. The molecule has 25 heavy (non-hydrogen) atoms. The number of aliphatic hydroxyl groups is 1. The molecule has 0 heterocycles. The number of alkyl halides is 3. The maximum Gasteiger partial charge on any atom is 0.417 e. The van der Waals surface area contributed by atoms with Gasteiger partial charge in [0, 0.05) is 16.7 Å². The summed E-state index contributed by atoms with van der Waals surface area (Å²) < 4.78 is 44.1. The molecule has 0 aromatic heterocycles. The van der Waals surface area contributed by atoms with E-state index >= 15 is 0 Å². The van der Waals surface area contributed by atoms with Gasteiger partial charge in [0.05, 0.1) is 5.56 Å². The van der Waals surface area contributed by atoms with E-state index in [-0.39, 0.29) is 23.3 Å². The molecule has 3 nitrogen and oxygen atoms in total. The molecule has 0 aliphatic carbocycles. The van der Waals surface area contributed by atoms with Gasteiger partial charge in [0.1, 0.15) is 18.5 Å². The Hall–Kier alpha value is -1.73. The second-order valence-corrected chi connectivity index (χ2v) is 6.64. The minimum absolute atomic E-state index is 0.0239. The number of ether oxygens (including phenoxy) is 1. The van der Waals surface area contributed by atoms with E-state index in [0.717, 1.165) is 17.2 Å². The minimum atomic E-state index is -4.44. The van der Waals surface area contributed by atoms with Gasteiger partial charge in [-0.05, 0) is 55.3 Å². The molecule has 2 aromatic carbocycles. The molecule has 2 aromatic rings. The van der Waals surface area contributed by atoms with Gasteiger partial charge in [-0.3, -0.25) is 0 Å². The normalized spacial score (nSPS) is 12.8. The number of anilines is 1.